The van der Waals surface area contributed by atoms with Crippen LogP contribution in [0.25, 0.3) is 0 Å². The van der Waals surface area contributed by atoms with E-state index in [1.165, 1.54) is 0 Å². The summed E-state index contributed by atoms with van der Waals surface area (Å²) in [5.74, 6) is 1.64. The van der Waals surface area contributed by atoms with Crippen LogP contribution in [0.4, 0.5) is 0 Å². The number of aliphatic imine (C=N–C) groups is 1. The normalized spacial score (nSPS) is 23.0. The number of guanidine groups is 1. The zero-order chi connectivity index (χ0) is 16.1. The van der Waals surface area contributed by atoms with Gasteiger partial charge in [-0.1, -0.05) is 0 Å². The van der Waals surface area contributed by atoms with Crippen LogP contribution in [-0.2, 0) is 16.5 Å². The molecule has 8 heteroatoms. The molecule has 0 saturated carbocycles. The minimum Gasteiger partial charge on any atom is -0.381 e. The maximum atomic E-state index is 5.90. The highest BCUT2D eigenvalue weighted by Gasteiger charge is 2.25. The molecule has 0 aromatic carbocycles. The lowest BCUT2D eigenvalue weighted by atomic mass is 10.0. The number of ether oxygens (including phenoxy) is 2. The maximum Gasteiger partial charge on any atom is 0.193 e. The van der Waals surface area contributed by atoms with Crippen LogP contribution in [0, 0.1) is 5.92 Å². The Morgan fingerprint density at radius 2 is 2.17 bits per heavy atom. The fourth-order valence-corrected chi connectivity index (χ4v) is 3.17. The number of rotatable bonds is 3. The van der Waals surface area contributed by atoms with Crippen LogP contribution in [0.2, 0.25) is 0 Å². The van der Waals surface area contributed by atoms with Crippen LogP contribution in [0.5, 0.6) is 0 Å². The van der Waals surface area contributed by atoms with Crippen molar-refractivity contribution in [3.05, 3.63) is 18.0 Å². The van der Waals surface area contributed by atoms with Gasteiger partial charge in [-0.15, -0.1) is 24.0 Å². The van der Waals surface area contributed by atoms with Crippen molar-refractivity contribution in [2.45, 2.75) is 18.9 Å². The zero-order valence-corrected chi connectivity index (χ0v) is 16.8. The van der Waals surface area contributed by atoms with Crippen LogP contribution in [0.15, 0.2) is 17.4 Å². The standard InChI is InChI=1S/C16H27N5O2.HI/c1-17-16(18-9-13-3-6-22-7-4-13)21-5-8-23-15(12-21)14-10-19-20(2)11-14;/h10-11,13,15H,3-9,12H2,1-2H3,(H,17,18);1H. The van der Waals surface area contributed by atoms with E-state index in [0.717, 1.165) is 57.2 Å². The van der Waals surface area contributed by atoms with Crippen molar-refractivity contribution >= 4 is 29.9 Å². The first kappa shape index (κ1) is 19.5. The van der Waals surface area contributed by atoms with Gasteiger partial charge < -0.3 is 19.7 Å². The average molecular weight is 449 g/mol. The molecule has 136 valence electrons. The number of nitrogens with zero attached hydrogens (tertiary/aromatic N) is 4. The Kier molecular flexibility index (Phi) is 7.76. The van der Waals surface area contributed by atoms with E-state index in [9.17, 15) is 0 Å². The Bertz CT molecular complexity index is 530. The predicted molar refractivity (Wildman–Crippen MR) is 104 cm³/mol. The van der Waals surface area contributed by atoms with E-state index in [2.05, 4.69) is 20.3 Å². The van der Waals surface area contributed by atoms with Crippen LogP contribution in [0.1, 0.15) is 24.5 Å². The molecule has 7 nitrogen and oxygen atoms in total. The molecule has 0 radical (unpaired) electrons. The van der Waals surface area contributed by atoms with Gasteiger partial charge in [0, 0.05) is 52.2 Å². The van der Waals surface area contributed by atoms with Crippen LogP contribution in [-0.4, -0.2) is 67.1 Å². The molecule has 1 aromatic rings. The largest absolute Gasteiger partial charge is 0.381 e. The molecule has 24 heavy (non-hydrogen) atoms. The van der Waals surface area contributed by atoms with Gasteiger partial charge in [0.15, 0.2) is 5.96 Å². The fraction of sp³-hybridized carbons (Fsp3) is 0.750. The fourth-order valence-electron chi connectivity index (χ4n) is 3.17. The van der Waals surface area contributed by atoms with E-state index in [-0.39, 0.29) is 30.1 Å². The molecule has 1 atom stereocenters. The summed E-state index contributed by atoms with van der Waals surface area (Å²) in [7, 11) is 3.78. The van der Waals surface area contributed by atoms with Crippen molar-refractivity contribution in [2.75, 3.05) is 46.5 Å². The quantitative estimate of drug-likeness (QED) is 0.430. The summed E-state index contributed by atoms with van der Waals surface area (Å²) in [5, 5.41) is 7.77. The minimum atomic E-state index is 0. The summed E-state index contributed by atoms with van der Waals surface area (Å²) in [6, 6.07) is 0. The Morgan fingerprint density at radius 1 is 1.38 bits per heavy atom. The average Bonchev–Trinajstić information content (AvgIpc) is 3.03. The molecule has 2 saturated heterocycles. The number of hydrogen-bond donors (Lipinski definition) is 1. The second kappa shape index (κ2) is 9.57. The summed E-state index contributed by atoms with van der Waals surface area (Å²) < 4.78 is 13.1. The Morgan fingerprint density at radius 3 is 2.83 bits per heavy atom. The first-order chi connectivity index (χ1) is 11.3. The van der Waals surface area contributed by atoms with E-state index in [4.69, 9.17) is 9.47 Å². The van der Waals surface area contributed by atoms with Gasteiger partial charge in [-0.3, -0.25) is 9.67 Å². The molecular weight excluding hydrogens is 421 g/mol. The van der Waals surface area contributed by atoms with Gasteiger partial charge in [-0.25, -0.2) is 0 Å². The van der Waals surface area contributed by atoms with E-state index in [1.807, 2.05) is 31.2 Å². The predicted octanol–water partition coefficient (Wildman–Crippen LogP) is 1.41. The summed E-state index contributed by atoms with van der Waals surface area (Å²) >= 11 is 0. The number of halogens is 1. The highest BCUT2D eigenvalue weighted by atomic mass is 127. The van der Waals surface area contributed by atoms with Gasteiger partial charge in [0.25, 0.3) is 0 Å². The Hall–Kier alpha value is -0.870. The minimum absolute atomic E-state index is 0. The van der Waals surface area contributed by atoms with Crippen LogP contribution in [0.3, 0.4) is 0 Å². The molecule has 2 fully saturated rings. The zero-order valence-electron chi connectivity index (χ0n) is 14.5. The summed E-state index contributed by atoms with van der Waals surface area (Å²) in [6.45, 7) is 5.10. The molecule has 2 aliphatic heterocycles. The Labute approximate surface area is 160 Å². The third-order valence-corrected chi connectivity index (χ3v) is 4.56. The maximum absolute atomic E-state index is 5.90. The van der Waals surface area contributed by atoms with Crippen molar-refractivity contribution < 1.29 is 9.47 Å². The van der Waals surface area contributed by atoms with Gasteiger partial charge in [0.1, 0.15) is 6.10 Å². The van der Waals surface area contributed by atoms with Crippen molar-refractivity contribution in [3.8, 4) is 0 Å². The van der Waals surface area contributed by atoms with Crippen molar-refractivity contribution in [1.82, 2.24) is 20.0 Å². The molecular formula is C16H28IN5O2. The molecule has 0 bridgehead atoms. The van der Waals surface area contributed by atoms with Crippen molar-refractivity contribution in [1.29, 1.82) is 0 Å². The molecule has 0 aliphatic carbocycles. The molecule has 3 heterocycles. The molecule has 1 unspecified atom stereocenters. The number of nitrogens with one attached hydrogen (secondary N) is 1. The third-order valence-electron chi connectivity index (χ3n) is 4.56. The first-order valence-electron chi connectivity index (χ1n) is 8.39. The van der Waals surface area contributed by atoms with Crippen LogP contribution >= 0.6 is 24.0 Å². The summed E-state index contributed by atoms with van der Waals surface area (Å²) in [5.41, 5.74) is 1.12. The molecule has 2 aliphatic rings. The summed E-state index contributed by atoms with van der Waals surface area (Å²) in [4.78, 5) is 6.73. The third kappa shape index (κ3) is 5.06. The smallest absolute Gasteiger partial charge is 0.193 e. The lowest BCUT2D eigenvalue weighted by Gasteiger charge is -2.35. The van der Waals surface area contributed by atoms with Gasteiger partial charge in [-0.2, -0.15) is 5.10 Å². The molecule has 1 aromatic heterocycles. The van der Waals surface area contributed by atoms with E-state index in [0.29, 0.717) is 12.5 Å². The SMILES string of the molecule is CN=C(NCC1CCOCC1)N1CCOC(c2cnn(C)c2)C1.I. The second-order valence-corrected chi connectivity index (χ2v) is 6.24. The Balaban J connectivity index is 0.00000208. The summed E-state index contributed by atoms with van der Waals surface area (Å²) in [6.07, 6.45) is 6.22. The molecule has 3 rings (SSSR count). The van der Waals surface area contributed by atoms with E-state index < -0.39 is 0 Å². The van der Waals surface area contributed by atoms with E-state index >= 15 is 0 Å². The first-order valence-corrected chi connectivity index (χ1v) is 8.39. The van der Waals surface area contributed by atoms with Gasteiger partial charge in [0.2, 0.25) is 0 Å². The highest BCUT2D eigenvalue weighted by molar-refractivity contribution is 14.0. The van der Waals surface area contributed by atoms with Gasteiger partial charge in [-0.05, 0) is 18.8 Å². The highest BCUT2D eigenvalue weighted by Crippen LogP contribution is 2.21. The lowest BCUT2D eigenvalue weighted by molar-refractivity contribution is -0.00822. The molecule has 0 amide bonds. The van der Waals surface area contributed by atoms with Crippen molar-refractivity contribution in [3.63, 3.8) is 0 Å². The number of aromatic nitrogens is 2. The molecule has 1 N–H and O–H groups in total. The number of aryl methyl sites for hydroxylation is 1. The number of hydrogen-bond acceptors (Lipinski definition) is 4. The number of morpholine rings is 1. The topological polar surface area (TPSA) is 63.9 Å². The lowest BCUT2D eigenvalue weighted by Crippen LogP contribution is -2.49. The molecule has 0 spiro atoms. The second-order valence-electron chi connectivity index (χ2n) is 6.24. The van der Waals surface area contributed by atoms with Crippen molar-refractivity contribution in [2.24, 2.45) is 18.0 Å². The van der Waals surface area contributed by atoms with Gasteiger partial charge in [0.05, 0.1) is 19.3 Å². The van der Waals surface area contributed by atoms with Crippen LogP contribution < -0.4 is 5.32 Å². The van der Waals surface area contributed by atoms with E-state index in [1.54, 1.807) is 0 Å². The van der Waals surface area contributed by atoms with Gasteiger partial charge >= 0.3 is 0 Å². The monoisotopic (exact) mass is 449 g/mol.